The second-order valence-electron chi connectivity index (χ2n) is 9.30. The molecule has 0 radical (unpaired) electrons. The molecule has 3 aliphatic heterocycles. The SMILES string of the molecule is CC1(C)Oc2ccccc2[C@@H]2O[C@](C)(C#CC[NH+]3CCCCCC3)CC[C@@H]21. The first kappa shape index (κ1) is 18.8. The Morgan fingerprint density at radius 3 is 2.59 bits per heavy atom. The van der Waals surface area contributed by atoms with Crippen LogP contribution in [0, 0.1) is 17.8 Å². The molecule has 0 bridgehead atoms. The summed E-state index contributed by atoms with van der Waals surface area (Å²) in [4.78, 5) is 1.65. The molecule has 146 valence electrons. The lowest BCUT2D eigenvalue weighted by Crippen LogP contribution is -3.11. The van der Waals surface area contributed by atoms with Crippen LogP contribution in [0.2, 0.25) is 0 Å². The first-order valence-corrected chi connectivity index (χ1v) is 10.8. The smallest absolute Gasteiger partial charge is 0.139 e. The first-order valence-electron chi connectivity index (χ1n) is 10.8. The molecule has 0 unspecified atom stereocenters. The summed E-state index contributed by atoms with van der Waals surface area (Å²) in [6.07, 6.45) is 7.61. The lowest BCUT2D eigenvalue weighted by atomic mass is 9.73. The van der Waals surface area contributed by atoms with E-state index in [0.29, 0.717) is 5.92 Å². The van der Waals surface area contributed by atoms with Crippen molar-refractivity contribution in [2.45, 2.75) is 76.6 Å². The van der Waals surface area contributed by atoms with Gasteiger partial charge in [0, 0.05) is 11.5 Å². The highest BCUT2D eigenvalue weighted by Gasteiger charge is 2.49. The van der Waals surface area contributed by atoms with Crippen molar-refractivity contribution in [3.63, 3.8) is 0 Å². The monoisotopic (exact) mass is 368 g/mol. The van der Waals surface area contributed by atoms with Gasteiger partial charge in [0.25, 0.3) is 0 Å². The number of likely N-dealkylation sites (tertiary alicyclic amines) is 1. The predicted octanol–water partition coefficient (Wildman–Crippen LogP) is 3.55. The minimum absolute atomic E-state index is 0.0727. The Balaban J connectivity index is 1.50. The van der Waals surface area contributed by atoms with E-state index < -0.39 is 0 Å². The van der Waals surface area contributed by atoms with Gasteiger partial charge in [-0.1, -0.05) is 24.1 Å². The number of ether oxygens (including phenoxy) is 2. The van der Waals surface area contributed by atoms with Crippen molar-refractivity contribution in [2.75, 3.05) is 19.6 Å². The largest absolute Gasteiger partial charge is 0.487 e. The summed E-state index contributed by atoms with van der Waals surface area (Å²) >= 11 is 0. The van der Waals surface area contributed by atoms with Crippen LogP contribution in [-0.2, 0) is 4.74 Å². The maximum absolute atomic E-state index is 6.69. The highest BCUT2D eigenvalue weighted by Crippen LogP contribution is 2.52. The zero-order valence-corrected chi connectivity index (χ0v) is 17.1. The van der Waals surface area contributed by atoms with Crippen molar-refractivity contribution in [1.29, 1.82) is 0 Å². The minimum atomic E-state index is -0.354. The Bertz CT molecular complexity index is 723. The van der Waals surface area contributed by atoms with E-state index in [-0.39, 0.29) is 17.3 Å². The molecule has 3 nitrogen and oxygen atoms in total. The van der Waals surface area contributed by atoms with Crippen LogP contribution < -0.4 is 9.64 Å². The molecule has 0 saturated carbocycles. The molecule has 3 heterocycles. The molecule has 1 aromatic rings. The summed E-state index contributed by atoms with van der Waals surface area (Å²) < 4.78 is 13.0. The fourth-order valence-corrected chi connectivity index (χ4v) is 5.02. The maximum Gasteiger partial charge on any atom is 0.139 e. The quantitative estimate of drug-likeness (QED) is 0.766. The van der Waals surface area contributed by atoms with Gasteiger partial charge in [0.2, 0.25) is 0 Å². The zero-order valence-electron chi connectivity index (χ0n) is 17.1. The maximum atomic E-state index is 6.69. The Hall–Kier alpha value is -1.50. The van der Waals surface area contributed by atoms with Crippen molar-refractivity contribution < 1.29 is 14.4 Å². The zero-order chi connectivity index (χ0) is 18.9. The third-order valence-corrected chi connectivity index (χ3v) is 6.68. The molecular formula is C24H34NO2+. The fourth-order valence-electron chi connectivity index (χ4n) is 5.02. The van der Waals surface area contributed by atoms with Crippen molar-refractivity contribution in [3.8, 4) is 17.6 Å². The second kappa shape index (κ2) is 7.49. The van der Waals surface area contributed by atoms with Crippen molar-refractivity contribution in [3.05, 3.63) is 29.8 Å². The van der Waals surface area contributed by atoms with Crippen LogP contribution in [0.3, 0.4) is 0 Å². The molecule has 3 atom stereocenters. The standard InChI is InChI=1S/C24H33NO2/c1-23(2)20-13-15-24(3,14-10-18-25-16-8-4-5-9-17-25)27-22(20)19-11-6-7-12-21(19)26-23/h6-7,11-12,20,22H,4-5,8-9,13,15-18H2,1-3H3/p+1/t20-,22-,24+/m0/s1. The normalized spacial score (nSPS) is 32.9. The van der Waals surface area contributed by atoms with Crippen LogP contribution in [0.1, 0.15) is 71.0 Å². The number of quaternary nitrogens is 1. The molecule has 1 N–H and O–H groups in total. The Morgan fingerprint density at radius 2 is 1.81 bits per heavy atom. The van der Waals surface area contributed by atoms with Gasteiger partial charge in [-0.05, 0) is 71.3 Å². The molecule has 3 heteroatoms. The van der Waals surface area contributed by atoms with Crippen molar-refractivity contribution >= 4 is 0 Å². The van der Waals surface area contributed by atoms with E-state index in [9.17, 15) is 0 Å². The summed E-state index contributed by atoms with van der Waals surface area (Å²) in [5.41, 5.74) is 0.629. The van der Waals surface area contributed by atoms with E-state index in [1.54, 1.807) is 4.90 Å². The van der Waals surface area contributed by atoms with Crippen LogP contribution in [0.4, 0.5) is 0 Å². The molecule has 1 aromatic carbocycles. The van der Waals surface area contributed by atoms with Gasteiger partial charge >= 0.3 is 0 Å². The molecule has 2 saturated heterocycles. The highest BCUT2D eigenvalue weighted by atomic mass is 16.5. The van der Waals surface area contributed by atoms with Gasteiger partial charge in [0.05, 0.1) is 19.2 Å². The minimum Gasteiger partial charge on any atom is -0.487 e. The van der Waals surface area contributed by atoms with E-state index >= 15 is 0 Å². The number of fused-ring (bicyclic) bond motifs is 3. The average molecular weight is 369 g/mol. The van der Waals surface area contributed by atoms with Gasteiger partial charge in [0.15, 0.2) is 0 Å². The third-order valence-electron chi connectivity index (χ3n) is 6.68. The Morgan fingerprint density at radius 1 is 1.07 bits per heavy atom. The number of para-hydroxylation sites is 1. The molecular weight excluding hydrogens is 334 g/mol. The van der Waals surface area contributed by atoms with E-state index in [1.807, 2.05) is 6.07 Å². The first-order chi connectivity index (χ1) is 13.0. The number of hydrogen-bond acceptors (Lipinski definition) is 2. The number of rotatable bonds is 1. The summed E-state index contributed by atoms with van der Waals surface area (Å²) in [5, 5.41) is 0. The van der Waals surface area contributed by atoms with E-state index in [2.05, 4.69) is 50.8 Å². The molecule has 0 amide bonds. The Kier molecular flexibility index (Phi) is 5.23. The lowest BCUT2D eigenvalue weighted by Gasteiger charge is -2.50. The molecule has 0 spiro atoms. The molecule has 3 aliphatic rings. The number of benzene rings is 1. The molecule has 27 heavy (non-hydrogen) atoms. The van der Waals surface area contributed by atoms with Crippen LogP contribution in [0.25, 0.3) is 0 Å². The topological polar surface area (TPSA) is 22.9 Å². The third kappa shape index (κ3) is 4.03. The molecule has 0 aromatic heterocycles. The summed E-state index contributed by atoms with van der Waals surface area (Å²) in [6, 6.07) is 8.35. The van der Waals surface area contributed by atoms with Crippen molar-refractivity contribution in [1.82, 2.24) is 0 Å². The summed E-state index contributed by atoms with van der Waals surface area (Å²) in [5.74, 6) is 8.35. The van der Waals surface area contributed by atoms with Crippen LogP contribution in [-0.4, -0.2) is 30.8 Å². The molecule has 4 rings (SSSR count). The van der Waals surface area contributed by atoms with E-state index in [0.717, 1.165) is 25.1 Å². The average Bonchev–Trinajstić information content (AvgIpc) is 2.90. The predicted molar refractivity (Wildman–Crippen MR) is 108 cm³/mol. The molecule has 2 fully saturated rings. The van der Waals surface area contributed by atoms with Gasteiger partial charge in [-0.15, -0.1) is 0 Å². The Labute approximate surface area is 164 Å². The molecule has 0 aliphatic carbocycles. The van der Waals surface area contributed by atoms with Gasteiger partial charge in [0.1, 0.15) is 23.5 Å². The van der Waals surface area contributed by atoms with Gasteiger partial charge < -0.3 is 14.4 Å². The number of hydrogen-bond donors (Lipinski definition) is 1. The van der Waals surface area contributed by atoms with Gasteiger partial charge in [-0.25, -0.2) is 0 Å². The van der Waals surface area contributed by atoms with E-state index in [4.69, 9.17) is 9.47 Å². The second-order valence-corrected chi connectivity index (χ2v) is 9.30. The van der Waals surface area contributed by atoms with Crippen molar-refractivity contribution in [2.24, 2.45) is 5.92 Å². The van der Waals surface area contributed by atoms with E-state index in [1.165, 1.54) is 44.3 Å². The summed E-state index contributed by atoms with van der Waals surface area (Å²) in [7, 11) is 0. The lowest BCUT2D eigenvalue weighted by molar-refractivity contribution is -0.891. The van der Waals surface area contributed by atoms with Crippen LogP contribution >= 0.6 is 0 Å². The van der Waals surface area contributed by atoms with Gasteiger partial charge in [-0.3, -0.25) is 0 Å². The van der Waals surface area contributed by atoms with Gasteiger partial charge in [-0.2, -0.15) is 0 Å². The summed E-state index contributed by atoms with van der Waals surface area (Å²) in [6.45, 7) is 10.1. The van der Waals surface area contributed by atoms with Crippen LogP contribution in [0.15, 0.2) is 24.3 Å². The number of nitrogens with one attached hydrogen (secondary N) is 1. The highest BCUT2D eigenvalue weighted by molar-refractivity contribution is 5.39. The van der Waals surface area contributed by atoms with Crippen LogP contribution in [0.5, 0.6) is 5.75 Å². The fraction of sp³-hybridized carbons (Fsp3) is 0.667.